The molecule has 0 saturated heterocycles. The van der Waals surface area contributed by atoms with Gasteiger partial charge >= 0.3 is 0 Å². The summed E-state index contributed by atoms with van der Waals surface area (Å²) in [7, 11) is -2.34. The van der Waals surface area contributed by atoms with Gasteiger partial charge in [0.2, 0.25) is 21.8 Å². The molecule has 1 unspecified atom stereocenters. The predicted octanol–water partition coefficient (Wildman–Crippen LogP) is 4.06. The van der Waals surface area contributed by atoms with E-state index in [1.165, 1.54) is 11.9 Å². The van der Waals surface area contributed by atoms with Gasteiger partial charge in [-0.1, -0.05) is 41.9 Å². The fraction of sp³-hybridized carbons (Fsp3) is 0.231. The standard InChI is InChI=1S/C26H28ClN3O5S/c1-19(26(32)28-2)29(17-20-9-11-21(27)12-10-20)25(31)18-30(36(3,33)34)22-13-15-24(16-14-22)35-23-7-5-4-6-8-23/h4-16,19H,17-18H2,1-3H3,(H,28,32). The lowest BCUT2D eigenvalue weighted by Gasteiger charge is -2.31. The Morgan fingerprint density at radius 2 is 1.53 bits per heavy atom. The lowest BCUT2D eigenvalue weighted by Crippen LogP contribution is -2.50. The lowest BCUT2D eigenvalue weighted by atomic mass is 10.1. The number of hydrogen-bond acceptors (Lipinski definition) is 5. The zero-order valence-electron chi connectivity index (χ0n) is 20.2. The van der Waals surface area contributed by atoms with Crippen LogP contribution >= 0.6 is 11.6 Å². The molecule has 0 heterocycles. The number of hydrogen-bond donors (Lipinski definition) is 1. The Labute approximate surface area is 216 Å². The Balaban J connectivity index is 1.84. The van der Waals surface area contributed by atoms with Crippen LogP contribution in [0.5, 0.6) is 11.5 Å². The minimum absolute atomic E-state index is 0.103. The summed E-state index contributed by atoms with van der Waals surface area (Å²) >= 11 is 5.96. The molecule has 3 aromatic rings. The monoisotopic (exact) mass is 529 g/mol. The van der Waals surface area contributed by atoms with Crippen LogP contribution in [0.25, 0.3) is 0 Å². The third-order valence-corrected chi connectivity index (χ3v) is 6.86. The van der Waals surface area contributed by atoms with Crippen molar-refractivity contribution in [3.8, 4) is 11.5 Å². The van der Waals surface area contributed by atoms with Crippen molar-refractivity contribution in [3.05, 3.63) is 89.4 Å². The minimum Gasteiger partial charge on any atom is -0.457 e. The minimum atomic E-state index is -3.82. The average Bonchev–Trinajstić information content (AvgIpc) is 2.86. The molecule has 3 rings (SSSR count). The van der Waals surface area contributed by atoms with Gasteiger partial charge in [0, 0.05) is 18.6 Å². The van der Waals surface area contributed by atoms with Crippen LogP contribution in [-0.4, -0.2) is 51.0 Å². The Morgan fingerprint density at radius 1 is 0.944 bits per heavy atom. The van der Waals surface area contributed by atoms with Gasteiger partial charge in [-0.05, 0) is 61.0 Å². The highest BCUT2D eigenvalue weighted by atomic mass is 35.5. The van der Waals surface area contributed by atoms with E-state index in [0.717, 1.165) is 16.1 Å². The number of benzene rings is 3. The number of halogens is 1. The maximum Gasteiger partial charge on any atom is 0.244 e. The van der Waals surface area contributed by atoms with Gasteiger partial charge < -0.3 is 15.0 Å². The first-order valence-electron chi connectivity index (χ1n) is 11.1. The molecule has 0 bridgehead atoms. The maximum atomic E-state index is 13.4. The molecule has 1 atom stereocenters. The number of sulfonamides is 1. The molecular weight excluding hydrogens is 502 g/mol. The summed E-state index contributed by atoms with van der Waals surface area (Å²) in [5.41, 5.74) is 1.04. The van der Waals surface area contributed by atoms with Crippen molar-refractivity contribution < 1.29 is 22.7 Å². The number of carbonyl (C=O) groups is 2. The van der Waals surface area contributed by atoms with Gasteiger partial charge in [0.25, 0.3) is 0 Å². The quantitative estimate of drug-likeness (QED) is 0.427. The van der Waals surface area contributed by atoms with Crippen molar-refractivity contribution in [3.63, 3.8) is 0 Å². The third-order valence-electron chi connectivity index (χ3n) is 5.46. The molecule has 0 aliphatic carbocycles. The van der Waals surface area contributed by atoms with Gasteiger partial charge in [0.1, 0.15) is 24.1 Å². The molecule has 8 nitrogen and oxygen atoms in total. The van der Waals surface area contributed by atoms with Crippen LogP contribution in [0.4, 0.5) is 5.69 Å². The number of likely N-dealkylation sites (N-methyl/N-ethyl adjacent to an activating group) is 1. The van der Waals surface area contributed by atoms with Gasteiger partial charge in [-0.3, -0.25) is 13.9 Å². The van der Waals surface area contributed by atoms with Crippen molar-refractivity contribution in [2.24, 2.45) is 0 Å². The first kappa shape index (κ1) is 27.0. The second-order valence-electron chi connectivity index (χ2n) is 8.12. The zero-order chi connectivity index (χ0) is 26.3. The normalized spacial score (nSPS) is 11.9. The second kappa shape index (κ2) is 11.9. The molecule has 0 fully saturated rings. The van der Waals surface area contributed by atoms with Crippen LogP contribution in [0, 0.1) is 0 Å². The summed E-state index contributed by atoms with van der Waals surface area (Å²) < 4.78 is 32.1. The Hall–Kier alpha value is -3.56. The van der Waals surface area contributed by atoms with Crippen LogP contribution in [0.1, 0.15) is 12.5 Å². The maximum absolute atomic E-state index is 13.4. The SMILES string of the molecule is CNC(=O)C(C)N(Cc1ccc(Cl)cc1)C(=O)CN(c1ccc(Oc2ccccc2)cc1)S(C)(=O)=O. The molecule has 190 valence electrons. The summed E-state index contributed by atoms with van der Waals surface area (Å²) in [6, 6.07) is 21.6. The Bertz CT molecular complexity index is 1280. The number of para-hydroxylation sites is 1. The fourth-order valence-electron chi connectivity index (χ4n) is 3.50. The summed E-state index contributed by atoms with van der Waals surface area (Å²) in [5, 5.41) is 3.08. The van der Waals surface area contributed by atoms with E-state index in [4.69, 9.17) is 16.3 Å². The first-order valence-corrected chi connectivity index (χ1v) is 13.4. The topological polar surface area (TPSA) is 96.0 Å². The number of rotatable bonds is 10. The summed E-state index contributed by atoms with van der Waals surface area (Å²) in [4.78, 5) is 27.1. The van der Waals surface area contributed by atoms with Crippen LogP contribution in [-0.2, 0) is 26.2 Å². The van der Waals surface area contributed by atoms with Crippen molar-refractivity contribution in [1.29, 1.82) is 0 Å². The van der Waals surface area contributed by atoms with Crippen molar-refractivity contribution in [1.82, 2.24) is 10.2 Å². The highest BCUT2D eigenvalue weighted by Gasteiger charge is 2.29. The smallest absolute Gasteiger partial charge is 0.244 e. The second-order valence-corrected chi connectivity index (χ2v) is 10.5. The van der Waals surface area contributed by atoms with E-state index < -0.39 is 28.5 Å². The van der Waals surface area contributed by atoms with Crippen molar-refractivity contribution in [2.45, 2.75) is 19.5 Å². The molecular formula is C26H28ClN3O5S. The largest absolute Gasteiger partial charge is 0.457 e. The van der Waals surface area contributed by atoms with E-state index in [-0.39, 0.29) is 12.5 Å². The zero-order valence-corrected chi connectivity index (χ0v) is 21.8. The molecule has 10 heteroatoms. The number of carbonyl (C=O) groups excluding carboxylic acids is 2. The van der Waals surface area contributed by atoms with E-state index in [2.05, 4.69) is 5.32 Å². The molecule has 0 radical (unpaired) electrons. The van der Waals surface area contributed by atoms with E-state index in [9.17, 15) is 18.0 Å². The van der Waals surface area contributed by atoms with Crippen molar-refractivity contribution in [2.75, 3.05) is 24.2 Å². The van der Waals surface area contributed by atoms with Gasteiger partial charge in [0.05, 0.1) is 11.9 Å². The van der Waals surface area contributed by atoms with Gasteiger partial charge in [-0.2, -0.15) is 0 Å². The Morgan fingerprint density at radius 3 is 2.08 bits per heavy atom. The molecule has 2 amide bonds. The van der Waals surface area contributed by atoms with Crippen LogP contribution in [0.15, 0.2) is 78.9 Å². The molecule has 0 saturated carbocycles. The molecule has 0 aromatic heterocycles. The average molecular weight is 530 g/mol. The van der Waals surface area contributed by atoms with Crippen LogP contribution in [0.3, 0.4) is 0 Å². The molecule has 1 N–H and O–H groups in total. The van der Waals surface area contributed by atoms with Gasteiger partial charge in [0.15, 0.2) is 0 Å². The van der Waals surface area contributed by atoms with Crippen LogP contribution < -0.4 is 14.4 Å². The summed E-state index contributed by atoms with van der Waals surface area (Å²) in [6.07, 6.45) is 1.03. The third kappa shape index (κ3) is 7.22. The summed E-state index contributed by atoms with van der Waals surface area (Å²) in [5.74, 6) is 0.255. The van der Waals surface area contributed by atoms with Gasteiger partial charge in [-0.15, -0.1) is 0 Å². The molecule has 36 heavy (non-hydrogen) atoms. The van der Waals surface area contributed by atoms with E-state index in [1.807, 2.05) is 18.2 Å². The number of amides is 2. The summed E-state index contributed by atoms with van der Waals surface area (Å²) in [6.45, 7) is 1.21. The van der Waals surface area contributed by atoms with E-state index >= 15 is 0 Å². The van der Waals surface area contributed by atoms with Crippen molar-refractivity contribution >= 4 is 39.1 Å². The number of nitrogens with one attached hydrogen (secondary N) is 1. The molecule has 0 spiro atoms. The number of anilines is 1. The van der Waals surface area contributed by atoms with E-state index in [0.29, 0.717) is 22.2 Å². The molecule has 0 aliphatic rings. The van der Waals surface area contributed by atoms with Gasteiger partial charge in [-0.25, -0.2) is 8.42 Å². The predicted molar refractivity (Wildman–Crippen MR) is 141 cm³/mol. The Kier molecular flexibility index (Phi) is 8.95. The molecule has 0 aliphatic heterocycles. The molecule has 3 aromatic carbocycles. The first-order chi connectivity index (χ1) is 17.1. The van der Waals surface area contributed by atoms with E-state index in [1.54, 1.807) is 67.6 Å². The number of ether oxygens (including phenoxy) is 1. The fourth-order valence-corrected chi connectivity index (χ4v) is 4.47. The highest BCUT2D eigenvalue weighted by Crippen LogP contribution is 2.26. The number of nitrogens with zero attached hydrogens (tertiary/aromatic N) is 2. The van der Waals surface area contributed by atoms with Crippen LogP contribution in [0.2, 0.25) is 5.02 Å². The lowest BCUT2D eigenvalue weighted by molar-refractivity contribution is -0.139. The highest BCUT2D eigenvalue weighted by molar-refractivity contribution is 7.92.